The Kier molecular flexibility index (Phi) is 15.6. The Morgan fingerprint density at radius 2 is 1.50 bits per heavy atom. The van der Waals surface area contributed by atoms with Crippen molar-refractivity contribution in [2.24, 2.45) is 0 Å². The van der Waals surface area contributed by atoms with Crippen molar-refractivity contribution >= 4 is 29.8 Å². The van der Waals surface area contributed by atoms with Gasteiger partial charge in [0.25, 0.3) is 0 Å². The molecule has 0 atom stereocenters. The molecule has 0 aliphatic heterocycles. The van der Waals surface area contributed by atoms with Gasteiger partial charge in [0, 0.05) is 0 Å². The van der Waals surface area contributed by atoms with E-state index in [9.17, 15) is 0 Å². The zero-order valence-electron chi connectivity index (χ0n) is 4.40. The summed E-state index contributed by atoms with van der Waals surface area (Å²) in [6, 6.07) is 0. The molecule has 0 rings (SSSR count). The third-order valence-electron chi connectivity index (χ3n) is 0.577. The van der Waals surface area contributed by atoms with Crippen LogP contribution in [0.2, 0.25) is 9.95 Å². The second-order valence-electron chi connectivity index (χ2n) is 1.11. The summed E-state index contributed by atoms with van der Waals surface area (Å²) in [5.74, 6) is 0. The van der Waals surface area contributed by atoms with Crippen LogP contribution in [0.4, 0.5) is 0 Å². The summed E-state index contributed by atoms with van der Waals surface area (Å²) in [6.07, 6.45) is 0. The maximum absolute atomic E-state index is 2.28. The normalized spacial score (nSPS) is 6.33. The molecular formula is C4H11ClGa. The summed E-state index contributed by atoms with van der Waals surface area (Å²) in [6.45, 7) is 4.56. The molecule has 0 saturated carbocycles. The van der Waals surface area contributed by atoms with Crippen molar-refractivity contribution in [3.05, 3.63) is 0 Å². The molecule has 1 radical (unpaired) electrons. The number of halogens is 1. The van der Waals surface area contributed by atoms with Crippen molar-refractivity contribution in [1.29, 1.82) is 0 Å². The minimum atomic E-state index is 0. The van der Waals surface area contributed by atoms with Crippen LogP contribution in [0.15, 0.2) is 0 Å². The Morgan fingerprint density at radius 1 is 1.17 bits per heavy atom. The van der Waals surface area contributed by atoms with Gasteiger partial charge >= 0.3 is 41.2 Å². The van der Waals surface area contributed by atoms with Gasteiger partial charge < -0.3 is 0 Å². The maximum atomic E-state index is 2.28. The molecule has 37 valence electrons. The predicted molar refractivity (Wildman–Crippen MR) is 34.0 cm³/mol. The largest absolute Gasteiger partial charge is 0.147 e. The third-order valence-corrected chi connectivity index (χ3v) is 3.00. The van der Waals surface area contributed by atoms with Crippen LogP contribution in [0.1, 0.15) is 13.8 Å². The van der Waals surface area contributed by atoms with Gasteiger partial charge in [0.15, 0.2) is 0 Å². The average Bonchev–Trinajstić information content (AvgIpc) is 1.41. The fraction of sp³-hybridized carbons (Fsp3) is 1.00. The van der Waals surface area contributed by atoms with Crippen molar-refractivity contribution in [2.45, 2.75) is 23.8 Å². The molecule has 0 aliphatic rings. The summed E-state index contributed by atoms with van der Waals surface area (Å²) in [4.78, 5) is 3.00. The van der Waals surface area contributed by atoms with Gasteiger partial charge in [0.05, 0.1) is 0 Å². The van der Waals surface area contributed by atoms with Crippen LogP contribution in [0.25, 0.3) is 0 Å². The molecule has 0 bridgehead atoms. The van der Waals surface area contributed by atoms with E-state index in [1.165, 1.54) is 9.95 Å². The second-order valence-corrected chi connectivity index (χ2v) is 5.74. The zero-order chi connectivity index (χ0) is 4.12. The molecule has 0 fully saturated rings. The van der Waals surface area contributed by atoms with Crippen LogP contribution in [0.3, 0.4) is 0 Å². The molecule has 0 heterocycles. The molecular weight excluding hydrogens is 153 g/mol. The van der Waals surface area contributed by atoms with Gasteiger partial charge in [-0.1, -0.05) is 0 Å². The quantitative estimate of drug-likeness (QED) is 0.548. The van der Waals surface area contributed by atoms with Gasteiger partial charge in [-0.05, 0) is 0 Å². The van der Waals surface area contributed by atoms with Crippen LogP contribution >= 0.6 is 12.4 Å². The van der Waals surface area contributed by atoms with Crippen LogP contribution in [-0.2, 0) is 0 Å². The summed E-state index contributed by atoms with van der Waals surface area (Å²) in [7, 11) is 0. The molecule has 0 aromatic heterocycles. The van der Waals surface area contributed by atoms with E-state index >= 15 is 0 Å². The van der Waals surface area contributed by atoms with Crippen LogP contribution in [-0.4, -0.2) is 17.4 Å². The molecule has 0 aromatic carbocycles. The first-order valence-corrected chi connectivity index (χ1v) is 5.66. The van der Waals surface area contributed by atoms with Crippen molar-refractivity contribution < 1.29 is 0 Å². The second kappa shape index (κ2) is 9.33. The Hall–Kier alpha value is 0.926. The fourth-order valence-electron chi connectivity index (χ4n) is 0.289. The van der Waals surface area contributed by atoms with Crippen molar-refractivity contribution in [3.8, 4) is 0 Å². The Labute approximate surface area is 53.9 Å². The first-order valence-electron chi connectivity index (χ1n) is 2.23. The van der Waals surface area contributed by atoms with Crippen molar-refractivity contribution in [1.82, 2.24) is 0 Å². The van der Waals surface area contributed by atoms with Crippen molar-refractivity contribution in [2.75, 3.05) is 0 Å². The summed E-state index contributed by atoms with van der Waals surface area (Å²) < 4.78 is 0. The molecule has 0 spiro atoms. The Morgan fingerprint density at radius 3 is 1.50 bits per heavy atom. The number of hydrogen-bond donors (Lipinski definition) is 0. The summed E-state index contributed by atoms with van der Waals surface area (Å²) in [5.41, 5.74) is 0. The molecule has 0 N–H and O–H groups in total. The fourth-order valence-corrected chi connectivity index (χ4v) is 1.50. The van der Waals surface area contributed by atoms with Crippen LogP contribution in [0, 0.1) is 0 Å². The third kappa shape index (κ3) is 8.87. The van der Waals surface area contributed by atoms with Crippen LogP contribution < -0.4 is 0 Å². The van der Waals surface area contributed by atoms with Gasteiger partial charge in [0.2, 0.25) is 0 Å². The van der Waals surface area contributed by atoms with Crippen molar-refractivity contribution in [3.63, 3.8) is 0 Å². The van der Waals surface area contributed by atoms with Gasteiger partial charge in [-0.15, -0.1) is 12.4 Å². The average molecular weight is 164 g/mol. The van der Waals surface area contributed by atoms with E-state index in [0.29, 0.717) is 17.4 Å². The maximum Gasteiger partial charge on any atom is -0.147 e. The zero-order valence-corrected chi connectivity index (χ0v) is 7.64. The van der Waals surface area contributed by atoms with E-state index < -0.39 is 0 Å². The summed E-state index contributed by atoms with van der Waals surface area (Å²) >= 11 is 0.312. The number of hydrogen-bond acceptors (Lipinski definition) is 0. The van der Waals surface area contributed by atoms with Gasteiger partial charge in [-0.25, -0.2) is 0 Å². The van der Waals surface area contributed by atoms with E-state index in [0.717, 1.165) is 0 Å². The van der Waals surface area contributed by atoms with E-state index in [-0.39, 0.29) is 12.4 Å². The Balaban J connectivity index is 0. The molecule has 0 amide bonds. The summed E-state index contributed by atoms with van der Waals surface area (Å²) in [5, 5.41) is 0. The van der Waals surface area contributed by atoms with Gasteiger partial charge in [-0.2, -0.15) is 0 Å². The topological polar surface area (TPSA) is 0 Å². The molecule has 6 heavy (non-hydrogen) atoms. The first-order chi connectivity index (χ1) is 2.41. The minimum absolute atomic E-state index is 0. The predicted octanol–water partition coefficient (Wildman–Crippen LogP) is 1.99. The number of rotatable bonds is 2. The molecule has 2 heteroatoms. The Bertz CT molecular complexity index is 15.0. The van der Waals surface area contributed by atoms with Gasteiger partial charge in [0.1, 0.15) is 0 Å². The molecule has 0 unspecified atom stereocenters. The van der Waals surface area contributed by atoms with E-state index in [2.05, 4.69) is 13.8 Å². The SMILES string of the molecule is C[CH2][Ga][CH2]C.Cl. The monoisotopic (exact) mass is 163 g/mol. The van der Waals surface area contributed by atoms with E-state index in [1.807, 2.05) is 0 Å². The molecule has 0 nitrogen and oxygen atoms in total. The van der Waals surface area contributed by atoms with E-state index in [4.69, 9.17) is 0 Å². The smallest absolute Gasteiger partial charge is 0.147 e. The molecule has 0 saturated heterocycles. The standard InChI is InChI=1S/2C2H5.ClH.Ga/c2*1-2;;/h2*1H2,2H3;1H;. The first kappa shape index (κ1) is 10.0. The molecule has 0 aliphatic carbocycles. The van der Waals surface area contributed by atoms with Gasteiger partial charge in [-0.3, -0.25) is 0 Å². The van der Waals surface area contributed by atoms with Crippen LogP contribution in [0.5, 0.6) is 0 Å². The minimum Gasteiger partial charge on any atom is -0.147 e. The molecule has 0 aromatic rings. The van der Waals surface area contributed by atoms with E-state index in [1.54, 1.807) is 0 Å².